The fourth-order valence-corrected chi connectivity index (χ4v) is 0.949. The first-order valence-electron chi connectivity index (χ1n) is 3.11. The normalized spacial score (nSPS) is 23.2. The van der Waals surface area contributed by atoms with E-state index >= 15 is 0 Å². The molecule has 2 nitrogen and oxygen atoms in total. The van der Waals surface area contributed by atoms with Crippen molar-refractivity contribution >= 4 is 0 Å². The fraction of sp³-hybridized carbons (Fsp3) is 1.00. The smallest absolute Gasteiger partial charge is 0.0721 e. The summed E-state index contributed by atoms with van der Waals surface area (Å²) in [7, 11) is 1.73. The molecule has 1 aliphatic rings. The van der Waals surface area contributed by atoms with Gasteiger partial charge in [0.1, 0.15) is 0 Å². The summed E-state index contributed by atoms with van der Waals surface area (Å²) in [5.74, 6) is 0.782. The molecule has 1 atom stereocenters. The molecule has 8 heavy (non-hydrogen) atoms. The SMILES string of the molecule is CO[C@@H](CN)C1CC1. The molecule has 1 rings (SSSR count). The standard InChI is InChI=1S/C6H13NO/c1-8-6(4-7)5-2-3-5/h5-6H,2-4,7H2,1H3/t6-/m0/s1. The largest absolute Gasteiger partial charge is 0.380 e. The van der Waals surface area contributed by atoms with Crippen LogP contribution in [0.25, 0.3) is 0 Å². The first-order chi connectivity index (χ1) is 3.88. The summed E-state index contributed by atoms with van der Waals surface area (Å²) in [4.78, 5) is 0. The first-order valence-corrected chi connectivity index (χ1v) is 3.11. The summed E-state index contributed by atoms with van der Waals surface area (Å²) in [5, 5.41) is 0. The van der Waals surface area contributed by atoms with E-state index in [2.05, 4.69) is 0 Å². The van der Waals surface area contributed by atoms with E-state index in [9.17, 15) is 0 Å². The van der Waals surface area contributed by atoms with Gasteiger partial charge in [-0.1, -0.05) is 0 Å². The van der Waals surface area contributed by atoms with Crippen LogP contribution in [0.15, 0.2) is 0 Å². The molecule has 0 unspecified atom stereocenters. The second-order valence-electron chi connectivity index (χ2n) is 2.35. The van der Waals surface area contributed by atoms with Crippen LogP contribution in [0.3, 0.4) is 0 Å². The lowest BCUT2D eigenvalue weighted by molar-refractivity contribution is 0.0915. The van der Waals surface area contributed by atoms with Gasteiger partial charge in [-0.2, -0.15) is 0 Å². The molecule has 0 radical (unpaired) electrons. The van der Waals surface area contributed by atoms with Crippen LogP contribution in [0.5, 0.6) is 0 Å². The quantitative estimate of drug-likeness (QED) is 0.576. The molecule has 1 saturated carbocycles. The van der Waals surface area contributed by atoms with Crippen molar-refractivity contribution < 1.29 is 4.74 Å². The van der Waals surface area contributed by atoms with Gasteiger partial charge in [-0.3, -0.25) is 0 Å². The number of ether oxygens (including phenoxy) is 1. The number of hydrogen-bond donors (Lipinski definition) is 1. The minimum atomic E-state index is 0.343. The van der Waals surface area contributed by atoms with Crippen LogP contribution in [-0.2, 0) is 4.74 Å². The molecule has 1 aliphatic carbocycles. The Labute approximate surface area is 50.0 Å². The van der Waals surface area contributed by atoms with Crippen LogP contribution < -0.4 is 5.73 Å². The molecule has 0 bridgehead atoms. The molecule has 0 amide bonds. The maximum absolute atomic E-state index is 5.40. The Bertz CT molecular complexity index is 66.9. The van der Waals surface area contributed by atoms with E-state index in [1.165, 1.54) is 12.8 Å². The van der Waals surface area contributed by atoms with E-state index in [4.69, 9.17) is 10.5 Å². The lowest BCUT2D eigenvalue weighted by Gasteiger charge is -2.09. The zero-order valence-electron chi connectivity index (χ0n) is 5.26. The molecule has 1 fully saturated rings. The highest BCUT2D eigenvalue weighted by molar-refractivity contribution is 4.82. The van der Waals surface area contributed by atoms with Gasteiger partial charge in [-0.15, -0.1) is 0 Å². The molecule has 2 heteroatoms. The van der Waals surface area contributed by atoms with Gasteiger partial charge in [-0.25, -0.2) is 0 Å². The zero-order valence-corrected chi connectivity index (χ0v) is 5.26. The summed E-state index contributed by atoms with van der Waals surface area (Å²) >= 11 is 0. The highest BCUT2D eigenvalue weighted by atomic mass is 16.5. The van der Waals surface area contributed by atoms with Crippen molar-refractivity contribution in [2.75, 3.05) is 13.7 Å². The molecule has 2 N–H and O–H groups in total. The third-order valence-electron chi connectivity index (χ3n) is 1.68. The highest BCUT2D eigenvalue weighted by Gasteiger charge is 2.29. The number of nitrogens with two attached hydrogens (primary N) is 1. The van der Waals surface area contributed by atoms with Gasteiger partial charge >= 0.3 is 0 Å². The Kier molecular flexibility index (Phi) is 1.86. The second-order valence-corrected chi connectivity index (χ2v) is 2.35. The summed E-state index contributed by atoms with van der Waals surface area (Å²) in [6.07, 6.45) is 2.97. The zero-order chi connectivity index (χ0) is 5.98. The molecule has 0 spiro atoms. The molecular formula is C6H13NO. The summed E-state index contributed by atoms with van der Waals surface area (Å²) in [5.41, 5.74) is 5.40. The van der Waals surface area contributed by atoms with Crippen LogP contribution in [0.1, 0.15) is 12.8 Å². The van der Waals surface area contributed by atoms with Gasteiger partial charge in [0.2, 0.25) is 0 Å². The van der Waals surface area contributed by atoms with E-state index in [1.807, 2.05) is 0 Å². The van der Waals surface area contributed by atoms with Gasteiger partial charge in [-0.05, 0) is 18.8 Å². The van der Waals surface area contributed by atoms with Gasteiger partial charge in [0.25, 0.3) is 0 Å². The van der Waals surface area contributed by atoms with Crippen molar-refractivity contribution in [1.82, 2.24) is 0 Å². The van der Waals surface area contributed by atoms with Crippen LogP contribution in [-0.4, -0.2) is 19.8 Å². The maximum atomic E-state index is 5.40. The monoisotopic (exact) mass is 115 g/mol. The van der Waals surface area contributed by atoms with Crippen LogP contribution in [0, 0.1) is 5.92 Å². The van der Waals surface area contributed by atoms with Crippen molar-refractivity contribution in [3.8, 4) is 0 Å². The molecule has 0 aromatic heterocycles. The van der Waals surface area contributed by atoms with E-state index < -0.39 is 0 Å². The van der Waals surface area contributed by atoms with Crippen molar-refractivity contribution in [2.24, 2.45) is 11.7 Å². The Morgan fingerprint density at radius 1 is 1.75 bits per heavy atom. The number of methoxy groups -OCH3 is 1. The minimum Gasteiger partial charge on any atom is -0.380 e. The highest BCUT2D eigenvalue weighted by Crippen LogP contribution is 2.33. The molecule has 0 heterocycles. The minimum absolute atomic E-state index is 0.343. The Morgan fingerprint density at radius 3 is 2.50 bits per heavy atom. The fourth-order valence-electron chi connectivity index (χ4n) is 0.949. The van der Waals surface area contributed by atoms with Crippen LogP contribution in [0.4, 0.5) is 0 Å². The van der Waals surface area contributed by atoms with E-state index in [1.54, 1.807) is 7.11 Å². The third-order valence-corrected chi connectivity index (χ3v) is 1.68. The van der Waals surface area contributed by atoms with Crippen molar-refractivity contribution in [3.63, 3.8) is 0 Å². The van der Waals surface area contributed by atoms with Crippen molar-refractivity contribution in [1.29, 1.82) is 0 Å². The summed E-state index contributed by atoms with van der Waals surface area (Å²) in [6.45, 7) is 0.682. The topological polar surface area (TPSA) is 35.2 Å². The van der Waals surface area contributed by atoms with Gasteiger partial charge in [0.15, 0.2) is 0 Å². The second kappa shape index (κ2) is 2.46. The van der Waals surface area contributed by atoms with E-state index in [-0.39, 0.29) is 0 Å². The molecule has 48 valence electrons. The number of hydrogen-bond acceptors (Lipinski definition) is 2. The molecule has 0 aliphatic heterocycles. The number of rotatable bonds is 3. The first kappa shape index (κ1) is 6.05. The maximum Gasteiger partial charge on any atom is 0.0721 e. The summed E-state index contributed by atoms with van der Waals surface area (Å²) in [6, 6.07) is 0. The molecule has 0 aromatic carbocycles. The predicted molar refractivity (Wildman–Crippen MR) is 32.6 cm³/mol. The lowest BCUT2D eigenvalue weighted by atomic mass is 10.2. The van der Waals surface area contributed by atoms with Crippen molar-refractivity contribution in [2.45, 2.75) is 18.9 Å². The van der Waals surface area contributed by atoms with Gasteiger partial charge in [0.05, 0.1) is 6.10 Å². The Balaban J connectivity index is 2.15. The molecular weight excluding hydrogens is 102 g/mol. The summed E-state index contributed by atoms with van der Waals surface area (Å²) < 4.78 is 5.10. The predicted octanol–water partition coefficient (Wildman–Crippen LogP) is 0.370. The molecule has 0 saturated heterocycles. The Hall–Kier alpha value is -0.0800. The van der Waals surface area contributed by atoms with E-state index in [0.29, 0.717) is 12.6 Å². The molecule has 0 aromatic rings. The van der Waals surface area contributed by atoms with Crippen LogP contribution in [0.2, 0.25) is 0 Å². The van der Waals surface area contributed by atoms with Gasteiger partial charge in [0, 0.05) is 13.7 Å². The average Bonchev–Trinajstić information content (AvgIpc) is 2.53. The van der Waals surface area contributed by atoms with Crippen molar-refractivity contribution in [3.05, 3.63) is 0 Å². The van der Waals surface area contributed by atoms with E-state index in [0.717, 1.165) is 5.92 Å². The average molecular weight is 115 g/mol. The Morgan fingerprint density at radius 2 is 2.38 bits per heavy atom. The van der Waals surface area contributed by atoms with Crippen LogP contribution >= 0.6 is 0 Å². The lowest BCUT2D eigenvalue weighted by Crippen LogP contribution is -2.24. The van der Waals surface area contributed by atoms with Gasteiger partial charge < -0.3 is 10.5 Å². The third kappa shape index (κ3) is 1.20.